The van der Waals surface area contributed by atoms with Gasteiger partial charge in [-0.05, 0) is 18.6 Å². The van der Waals surface area contributed by atoms with E-state index in [2.05, 4.69) is 0 Å². The van der Waals surface area contributed by atoms with Crippen LogP contribution < -0.4 is 24.4 Å². The monoisotopic (exact) mass is 400 g/mol. The molecule has 3 rings (SSSR count). The Labute approximate surface area is 168 Å². The summed E-state index contributed by atoms with van der Waals surface area (Å²) in [6.07, 6.45) is 1.44. The number of phenols is 1. The number of hydrogen-bond donors (Lipinski definition) is 1. The highest BCUT2D eigenvalue weighted by Gasteiger charge is 2.20. The fourth-order valence-corrected chi connectivity index (χ4v) is 3.38. The number of rotatable bonds is 7. The Morgan fingerprint density at radius 3 is 2.03 bits per heavy atom. The fraction of sp³-hybridized carbons (Fsp3) is 0.318. The largest absolute Gasteiger partial charge is 0.507 e. The second kappa shape index (κ2) is 8.34. The van der Waals surface area contributed by atoms with Crippen molar-refractivity contribution in [3.8, 4) is 40.1 Å². The van der Waals surface area contributed by atoms with Crippen molar-refractivity contribution < 1.29 is 28.5 Å². The zero-order chi connectivity index (χ0) is 21.1. The van der Waals surface area contributed by atoms with E-state index in [1.54, 1.807) is 12.1 Å². The molecule has 0 unspecified atom stereocenters. The van der Waals surface area contributed by atoms with E-state index in [0.717, 1.165) is 12.0 Å². The van der Waals surface area contributed by atoms with Gasteiger partial charge in [-0.15, -0.1) is 0 Å². The third-order valence-electron chi connectivity index (χ3n) is 4.71. The maximum Gasteiger partial charge on any atom is 0.203 e. The van der Waals surface area contributed by atoms with Gasteiger partial charge >= 0.3 is 0 Å². The normalized spacial score (nSPS) is 10.8. The van der Waals surface area contributed by atoms with Crippen molar-refractivity contribution in [2.45, 2.75) is 19.8 Å². The third kappa shape index (κ3) is 3.55. The fourth-order valence-electron chi connectivity index (χ4n) is 3.38. The molecule has 0 bridgehead atoms. The number of fused-ring (bicyclic) bond motifs is 1. The summed E-state index contributed by atoms with van der Waals surface area (Å²) in [5, 5.41) is 10.5. The molecule has 154 valence electrons. The molecular weight excluding hydrogens is 376 g/mol. The van der Waals surface area contributed by atoms with Crippen LogP contribution in [0.1, 0.15) is 18.9 Å². The summed E-state index contributed by atoms with van der Waals surface area (Å²) in [6.45, 7) is 2.01. The van der Waals surface area contributed by atoms with E-state index < -0.39 is 0 Å². The lowest BCUT2D eigenvalue weighted by atomic mass is 10.0. The van der Waals surface area contributed by atoms with Gasteiger partial charge in [0.2, 0.25) is 5.75 Å². The highest BCUT2D eigenvalue weighted by Crippen LogP contribution is 2.42. The van der Waals surface area contributed by atoms with Crippen LogP contribution in [-0.2, 0) is 6.42 Å². The van der Waals surface area contributed by atoms with E-state index >= 15 is 0 Å². The Morgan fingerprint density at radius 1 is 0.897 bits per heavy atom. The van der Waals surface area contributed by atoms with Gasteiger partial charge in [-0.25, -0.2) is 0 Å². The molecule has 0 spiro atoms. The Kier molecular flexibility index (Phi) is 5.87. The summed E-state index contributed by atoms with van der Waals surface area (Å²) < 4.78 is 27.6. The molecule has 29 heavy (non-hydrogen) atoms. The molecule has 0 aliphatic rings. The van der Waals surface area contributed by atoms with Gasteiger partial charge in [-0.2, -0.15) is 0 Å². The third-order valence-corrected chi connectivity index (χ3v) is 4.71. The number of aromatic hydroxyl groups is 1. The van der Waals surface area contributed by atoms with Gasteiger partial charge in [-0.1, -0.05) is 13.3 Å². The lowest BCUT2D eigenvalue weighted by Crippen LogP contribution is -2.04. The van der Waals surface area contributed by atoms with Gasteiger partial charge in [0, 0.05) is 23.3 Å². The van der Waals surface area contributed by atoms with Crippen LogP contribution >= 0.6 is 0 Å². The van der Waals surface area contributed by atoms with Gasteiger partial charge in [0.1, 0.15) is 28.2 Å². The van der Waals surface area contributed by atoms with Crippen molar-refractivity contribution in [3.05, 3.63) is 40.1 Å². The minimum absolute atomic E-state index is 0.130. The average molecular weight is 400 g/mol. The second-order valence-electron chi connectivity index (χ2n) is 6.42. The molecule has 0 atom stereocenters. The SMILES string of the molecule is CCCc1c(OC)cc(O)c2c(=O)cc(-c3cc(OC)c(OC)c(OC)c3)oc12. The molecule has 1 aromatic heterocycles. The van der Waals surface area contributed by atoms with Crippen LogP contribution in [-0.4, -0.2) is 33.5 Å². The van der Waals surface area contributed by atoms with E-state index in [0.29, 0.717) is 46.3 Å². The van der Waals surface area contributed by atoms with E-state index in [4.69, 9.17) is 23.4 Å². The molecule has 3 aromatic rings. The van der Waals surface area contributed by atoms with Gasteiger partial charge in [0.25, 0.3) is 0 Å². The van der Waals surface area contributed by atoms with Crippen molar-refractivity contribution >= 4 is 11.0 Å². The highest BCUT2D eigenvalue weighted by molar-refractivity contribution is 5.89. The summed E-state index contributed by atoms with van der Waals surface area (Å²) in [6, 6.07) is 6.18. The molecule has 2 aromatic carbocycles. The zero-order valence-corrected chi connectivity index (χ0v) is 17.1. The maximum atomic E-state index is 12.8. The van der Waals surface area contributed by atoms with Gasteiger partial charge in [-0.3, -0.25) is 4.79 Å². The molecule has 0 saturated carbocycles. The number of phenolic OH excluding ortho intramolecular Hbond substituents is 1. The van der Waals surface area contributed by atoms with E-state index in [1.165, 1.54) is 40.6 Å². The zero-order valence-electron chi connectivity index (χ0n) is 17.1. The summed E-state index contributed by atoms with van der Waals surface area (Å²) in [4.78, 5) is 12.8. The molecule has 1 heterocycles. The van der Waals surface area contributed by atoms with Gasteiger partial charge in [0.15, 0.2) is 16.9 Å². The Hall–Kier alpha value is -3.35. The topological polar surface area (TPSA) is 87.4 Å². The smallest absolute Gasteiger partial charge is 0.203 e. The average Bonchev–Trinajstić information content (AvgIpc) is 2.73. The van der Waals surface area contributed by atoms with E-state index in [9.17, 15) is 9.90 Å². The number of hydrogen-bond acceptors (Lipinski definition) is 7. The number of methoxy groups -OCH3 is 4. The van der Waals surface area contributed by atoms with Gasteiger partial charge < -0.3 is 28.5 Å². The standard InChI is InChI=1S/C22H24O7/c1-6-7-13-17(25-2)11-15(24)20-14(23)10-16(29-21(13)20)12-8-18(26-3)22(28-5)19(9-12)27-4/h8-11,24H,6-7H2,1-5H3. The van der Waals surface area contributed by atoms with E-state index in [-0.39, 0.29) is 16.6 Å². The van der Waals surface area contributed by atoms with Crippen LogP contribution in [0.2, 0.25) is 0 Å². The van der Waals surface area contributed by atoms with Crippen LogP contribution in [0.15, 0.2) is 33.5 Å². The number of ether oxygens (including phenoxy) is 4. The van der Waals surface area contributed by atoms with Crippen LogP contribution in [0, 0.1) is 0 Å². The lowest BCUT2D eigenvalue weighted by Gasteiger charge is -2.15. The predicted octanol–water partition coefficient (Wildman–Crippen LogP) is 4.15. The summed E-state index contributed by atoms with van der Waals surface area (Å²) in [5.41, 5.74) is 1.25. The second-order valence-corrected chi connectivity index (χ2v) is 6.42. The van der Waals surface area contributed by atoms with Crippen LogP contribution in [0.5, 0.6) is 28.7 Å². The molecule has 0 saturated heterocycles. The highest BCUT2D eigenvalue weighted by atomic mass is 16.5. The van der Waals surface area contributed by atoms with Crippen molar-refractivity contribution in [3.63, 3.8) is 0 Å². The first-order valence-electron chi connectivity index (χ1n) is 9.16. The summed E-state index contributed by atoms with van der Waals surface area (Å²) in [5.74, 6) is 1.92. The molecule has 0 amide bonds. The van der Waals surface area contributed by atoms with E-state index in [1.807, 2.05) is 6.92 Å². The van der Waals surface area contributed by atoms with Gasteiger partial charge in [0.05, 0.1) is 28.4 Å². The molecule has 0 fully saturated rings. The first-order chi connectivity index (χ1) is 14.0. The molecular formula is C22H24O7. The molecule has 0 aliphatic carbocycles. The Bertz CT molecular complexity index is 1070. The van der Waals surface area contributed by atoms with Crippen LogP contribution in [0.4, 0.5) is 0 Å². The van der Waals surface area contributed by atoms with Crippen molar-refractivity contribution in [1.29, 1.82) is 0 Å². The summed E-state index contributed by atoms with van der Waals surface area (Å²) in [7, 11) is 6.06. The Balaban J connectivity index is 2.34. The minimum Gasteiger partial charge on any atom is -0.507 e. The molecule has 1 N–H and O–H groups in total. The molecule has 7 nitrogen and oxygen atoms in total. The number of benzene rings is 2. The lowest BCUT2D eigenvalue weighted by molar-refractivity contribution is 0.324. The molecule has 0 aliphatic heterocycles. The number of aryl methyl sites for hydroxylation is 1. The van der Waals surface area contributed by atoms with Crippen molar-refractivity contribution in [2.75, 3.05) is 28.4 Å². The van der Waals surface area contributed by atoms with Crippen LogP contribution in [0.3, 0.4) is 0 Å². The summed E-state index contributed by atoms with van der Waals surface area (Å²) >= 11 is 0. The first kappa shape index (κ1) is 20.4. The predicted molar refractivity (Wildman–Crippen MR) is 110 cm³/mol. The van der Waals surface area contributed by atoms with Crippen molar-refractivity contribution in [2.24, 2.45) is 0 Å². The molecule has 0 radical (unpaired) electrons. The maximum absolute atomic E-state index is 12.8. The van der Waals surface area contributed by atoms with Crippen molar-refractivity contribution in [1.82, 2.24) is 0 Å². The van der Waals surface area contributed by atoms with Crippen LogP contribution in [0.25, 0.3) is 22.3 Å². The molecule has 7 heteroatoms. The first-order valence-corrected chi connectivity index (χ1v) is 9.16. The quantitative estimate of drug-likeness (QED) is 0.637. The minimum atomic E-state index is -0.354. The Morgan fingerprint density at radius 2 is 1.52 bits per heavy atom.